The first-order valence-electron chi connectivity index (χ1n) is 7.01. The van der Waals surface area contributed by atoms with Crippen molar-refractivity contribution in [3.63, 3.8) is 0 Å². The van der Waals surface area contributed by atoms with Gasteiger partial charge in [-0.25, -0.2) is 0 Å². The van der Waals surface area contributed by atoms with Gasteiger partial charge >= 0.3 is 8.69 Å². The van der Waals surface area contributed by atoms with E-state index >= 15 is 0 Å². The van der Waals surface area contributed by atoms with E-state index in [9.17, 15) is 4.20 Å². The van der Waals surface area contributed by atoms with Crippen molar-refractivity contribution in [1.82, 2.24) is 0 Å². The van der Waals surface area contributed by atoms with E-state index in [-0.39, 0.29) is 6.10 Å². The lowest BCUT2D eigenvalue weighted by molar-refractivity contribution is 0.0191. The van der Waals surface area contributed by atoms with Crippen LogP contribution in [0.25, 0.3) is 0 Å². The molecule has 1 aliphatic rings. The van der Waals surface area contributed by atoms with E-state index in [4.69, 9.17) is 9.05 Å². The Hall–Kier alpha value is 0.280. The Morgan fingerprint density at radius 2 is 1.83 bits per heavy atom. The summed E-state index contributed by atoms with van der Waals surface area (Å²) in [6.45, 7) is 12.2. The molecule has 0 bridgehead atoms. The molecule has 0 saturated heterocycles. The minimum absolute atomic E-state index is 0.0206. The SMILES string of the molecule is CC(C)[C@@H]1CC[C@@H](C)C[C@H]1OP(F)OC(C)(C)C. The third kappa shape index (κ3) is 5.50. The van der Waals surface area contributed by atoms with Crippen molar-refractivity contribution in [1.29, 1.82) is 0 Å². The Morgan fingerprint density at radius 1 is 1.22 bits per heavy atom. The summed E-state index contributed by atoms with van der Waals surface area (Å²) in [6.07, 6.45) is 3.35. The van der Waals surface area contributed by atoms with Crippen LogP contribution in [0.4, 0.5) is 4.20 Å². The summed E-state index contributed by atoms with van der Waals surface area (Å²) >= 11 is 0. The molecule has 0 heterocycles. The fraction of sp³-hybridized carbons (Fsp3) is 1.00. The fourth-order valence-electron chi connectivity index (χ4n) is 2.58. The maximum absolute atomic E-state index is 13.9. The zero-order valence-electron chi connectivity index (χ0n) is 12.6. The minimum Gasteiger partial charge on any atom is -0.305 e. The zero-order valence-corrected chi connectivity index (χ0v) is 13.5. The van der Waals surface area contributed by atoms with Gasteiger partial charge in [0.05, 0.1) is 11.7 Å². The molecule has 1 rings (SSSR count). The van der Waals surface area contributed by atoms with Gasteiger partial charge in [-0.2, -0.15) is 4.20 Å². The normalized spacial score (nSPS) is 31.7. The van der Waals surface area contributed by atoms with Crippen molar-refractivity contribution < 1.29 is 13.2 Å². The molecular weight excluding hydrogens is 250 g/mol. The monoisotopic (exact) mass is 278 g/mol. The van der Waals surface area contributed by atoms with Gasteiger partial charge in [-0.1, -0.05) is 27.2 Å². The van der Waals surface area contributed by atoms with Crippen LogP contribution in [0.3, 0.4) is 0 Å². The lowest BCUT2D eigenvalue weighted by Gasteiger charge is -2.37. The number of halogens is 1. The summed E-state index contributed by atoms with van der Waals surface area (Å²) in [6, 6.07) is 0. The molecule has 0 radical (unpaired) electrons. The van der Waals surface area contributed by atoms with Crippen molar-refractivity contribution in [2.24, 2.45) is 17.8 Å². The molecule has 1 unspecified atom stereocenters. The van der Waals surface area contributed by atoms with Gasteiger partial charge in [0, 0.05) is 0 Å². The van der Waals surface area contributed by atoms with Crippen LogP contribution in [0.15, 0.2) is 0 Å². The maximum Gasteiger partial charge on any atom is 0.375 e. The number of hydrogen-bond donors (Lipinski definition) is 0. The van der Waals surface area contributed by atoms with E-state index in [2.05, 4.69) is 20.8 Å². The van der Waals surface area contributed by atoms with E-state index in [0.29, 0.717) is 17.8 Å². The molecule has 0 spiro atoms. The molecule has 0 aromatic heterocycles. The summed E-state index contributed by atoms with van der Waals surface area (Å²) in [4.78, 5) is 0. The maximum atomic E-state index is 13.9. The van der Waals surface area contributed by atoms with Crippen molar-refractivity contribution in [3.8, 4) is 0 Å². The highest BCUT2D eigenvalue weighted by molar-refractivity contribution is 7.41. The summed E-state index contributed by atoms with van der Waals surface area (Å²) < 4.78 is 24.7. The molecule has 108 valence electrons. The predicted molar refractivity (Wildman–Crippen MR) is 75.1 cm³/mol. The average Bonchev–Trinajstić information content (AvgIpc) is 2.13. The van der Waals surface area contributed by atoms with Gasteiger partial charge in [-0.05, 0) is 51.4 Å². The first kappa shape index (κ1) is 16.3. The average molecular weight is 278 g/mol. The molecule has 0 aliphatic heterocycles. The summed E-state index contributed by atoms with van der Waals surface area (Å²) in [5, 5.41) is 0. The Morgan fingerprint density at radius 3 is 2.33 bits per heavy atom. The molecule has 4 heteroatoms. The van der Waals surface area contributed by atoms with Crippen molar-refractivity contribution in [2.45, 2.75) is 72.5 Å². The number of hydrogen-bond acceptors (Lipinski definition) is 2. The van der Waals surface area contributed by atoms with Crippen LogP contribution in [0, 0.1) is 17.8 Å². The Kier molecular flexibility index (Phi) is 6.02. The van der Waals surface area contributed by atoms with Crippen LogP contribution in [-0.2, 0) is 9.05 Å². The third-order valence-corrected chi connectivity index (χ3v) is 4.65. The number of rotatable bonds is 4. The van der Waals surface area contributed by atoms with Gasteiger partial charge in [-0.15, -0.1) is 0 Å². The second kappa shape index (κ2) is 6.63. The lowest BCUT2D eigenvalue weighted by Crippen LogP contribution is -2.33. The standard InChI is InChI=1S/C14H28FO2P/c1-10(2)12-8-7-11(3)9-13(12)16-18(15)17-14(4,5)6/h10-13H,7-9H2,1-6H3/t11-,12+,13-,18?/m1/s1. The van der Waals surface area contributed by atoms with Crippen molar-refractivity contribution >= 4 is 8.69 Å². The predicted octanol–water partition coefficient (Wildman–Crippen LogP) is 5.48. The first-order chi connectivity index (χ1) is 8.19. The lowest BCUT2D eigenvalue weighted by atomic mass is 9.75. The molecule has 1 fully saturated rings. The van der Waals surface area contributed by atoms with Crippen LogP contribution >= 0.6 is 8.69 Å². The van der Waals surface area contributed by atoms with Crippen LogP contribution < -0.4 is 0 Å². The van der Waals surface area contributed by atoms with E-state index in [1.54, 1.807) is 0 Å². The van der Waals surface area contributed by atoms with Crippen molar-refractivity contribution in [3.05, 3.63) is 0 Å². The van der Waals surface area contributed by atoms with Crippen LogP contribution in [0.1, 0.15) is 60.8 Å². The minimum atomic E-state index is -2.26. The quantitative estimate of drug-likeness (QED) is 0.634. The van der Waals surface area contributed by atoms with E-state index in [0.717, 1.165) is 12.8 Å². The molecule has 0 N–H and O–H groups in total. The van der Waals surface area contributed by atoms with E-state index < -0.39 is 14.3 Å². The second-order valence-electron chi connectivity index (χ2n) is 6.89. The molecule has 0 aromatic carbocycles. The molecule has 0 aromatic rings. The van der Waals surface area contributed by atoms with Gasteiger partial charge in [0.25, 0.3) is 0 Å². The highest BCUT2D eigenvalue weighted by Gasteiger charge is 2.35. The van der Waals surface area contributed by atoms with Crippen LogP contribution in [0.2, 0.25) is 0 Å². The summed E-state index contributed by atoms with van der Waals surface area (Å²) in [7, 11) is -2.26. The van der Waals surface area contributed by atoms with E-state index in [1.165, 1.54) is 6.42 Å². The molecule has 2 nitrogen and oxygen atoms in total. The third-order valence-electron chi connectivity index (χ3n) is 3.53. The highest BCUT2D eigenvalue weighted by atomic mass is 31.2. The van der Waals surface area contributed by atoms with Crippen LogP contribution in [0.5, 0.6) is 0 Å². The Balaban J connectivity index is 2.55. The second-order valence-corrected chi connectivity index (χ2v) is 7.70. The van der Waals surface area contributed by atoms with Crippen molar-refractivity contribution in [2.75, 3.05) is 0 Å². The molecule has 1 saturated carbocycles. The fourth-order valence-corrected chi connectivity index (χ4v) is 3.51. The largest absolute Gasteiger partial charge is 0.375 e. The van der Waals surface area contributed by atoms with Crippen LogP contribution in [-0.4, -0.2) is 11.7 Å². The highest BCUT2D eigenvalue weighted by Crippen LogP contribution is 2.49. The van der Waals surface area contributed by atoms with Gasteiger partial charge in [0.1, 0.15) is 0 Å². The van der Waals surface area contributed by atoms with Gasteiger partial charge in [-0.3, -0.25) is 0 Å². The molecule has 1 aliphatic carbocycles. The molecule has 0 amide bonds. The summed E-state index contributed by atoms with van der Waals surface area (Å²) in [5.74, 6) is 1.63. The van der Waals surface area contributed by atoms with Gasteiger partial charge in [0.15, 0.2) is 0 Å². The molecular formula is C14H28FO2P. The topological polar surface area (TPSA) is 18.5 Å². The van der Waals surface area contributed by atoms with Gasteiger partial charge < -0.3 is 9.05 Å². The smallest absolute Gasteiger partial charge is 0.305 e. The Labute approximate surface area is 113 Å². The van der Waals surface area contributed by atoms with Gasteiger partial charge in [0.2, 0.25) is 0 Å². The Bertz CT molecular complexity index is 253. The van der Waals surface area contributed by atoms with E-state index in [1.807, 2.05) is 20.8 Å². The first-order valence-corrected chi connectivity index (χ1v) is 8.07. The molecule has 18 heavy (non-hydrogen) atoms. The summed E-state index contributed by atoms with van der Waals surface area (Å²) in [5.41, 5.74) is -0.478. The zero-order chi connectivity index (χ0) is 13.9. The molecule has 4 atom stereocenters.